The van der Waals surface area contributed by atoms with Gasteiger partial charge in [0, 0.05) is 4.47 Å². The average molecular weight is 430 g/mol. The summed E-state index contributed by atoms with van der Waals surface area (Å²) in [4.78, 5) is 12.2. The molecule has 0 saturated carbocycles. The lowest BCUT2D eigenvalue weighted by atomic mass is 10.2. The maximum absolute atomic E-state index is 12.2. The molecule has 140 valence electrons. The number of halogens is 1. The van der Waals surface area contributed by atoms with Crippen LogP contribution in [0.15, 0.2) is 53.0 Å². The summed E-state index contributed by atoms with van der Waals surface area (Å²) >= 11 is 3.40. The van der Waals surface area contributed by atoms with E-state index in [1.54, 1.807) is 4.68 Å². The average Bonchev–Trinajstić information content (AvgIpc) is 3.17. The molecule has 1 heterocycles. The van der Waals surface area contributed by atoms with Crippen LogP contribution >= 0.6 is 15.9 Å². The summed E-state index contributed by atoms with van der Waals surface area (Å²) in [5.41, 5.74) is 1.97. The third-order valence-corrected chi connectivity index (χ3v) is 4.53. The lowest BCUT2D eigenvalue weighted by Crippen LogP contribution is -2.32. The molecule has 0 spiro atoms. The van der Waals surface area contributed by atoms with Crippen molar-refractivity contribution in [1.29, 1.82) is 0 Å². The van der Waals surface area contributed by atoms with E-state index in [-0.39, 0.29) is 18.6 Å². The van der Waals surface area contributed by atoms with Crippen molar-refractivity contribution in [3.05, 3.63) is 64.4 Å². The summed E-state index contributed by atoms with van der Waals surface area (Å²) < 4.78 is 8.15. The van der Waals surface area contributed by atoms with E-state index in [1.807, 2.05) is 55.5 Å². The SMILES string of the molecule is CCc1cccc(OCC(=O)NC(C)c2nnnn2-c2ccc(Br)cc2)c1. The van der Waals surface area contributed by atoms with Crippen molar-refractivity contribution < 1.29 is 9.53 Å². The summed E-state index contributed by atoms with van der Waals surface area (Å²) in [5.74, 6) is 0.977. The fourth-order valence-electron chi connectivity index (χ4n) is 2.58. The molecule has 1 atom stereocenters. The van der Waals surface area contributed by atoms with E-state index in [0.29, 0.717) is 11.6 Å². The molecule has 1 aromatic heterocycles. The smallest absolute Gasteiger partial charge is 0.258 e. The molecule has 0 aliphatic heterocycles. The molecule has 0 radical (unpaired) electrons. The quantitative estimate of drug-likeness (QED) is 0.623. The normalized spacial score (nSPS) is 11.8. The van der Waals surface area contributed by atoms with Gasteiger partial charge in [0.15, 0.2) is 12.4 Å². The predicted molar refractivity (Wildman–Crippen MR) is 105 cm³/mol. The molecule has 2 aromatic carbocycles. The van der Waals surface area contributed by atoms with Gasteiger partial charge in [0.25, 0.3) is 5.91 Å². The Bertz CT molecular complexity index is 910. The number of ether oxygens (including phenoxy) is 1. The molecule has 0 aliphatic rings. The topological polar surface area (TPSA) is 81.9 Å². The number of tetrazole rings is 1. The lowest BCUT2D eigenvalue weighted by Gasteiger charge is -2.14. The van der Waals surface area contributed by atoms with E-state index >= 15 is 0 Å². The second-order valence-electron chi connectivity index (χ2n) is 6.00. The number of aryl methyl sites for hydroxylation is 1. The van der Waals surface area contributed by atoms with Gasteiger partial charge in [-0.1, -0.05) is 35.0 Å². The number of hydrogen-bond acceptors (Lipinski definition) is 5. The molecule has 1 unspecified atom stereocenters. The van der Waals surface area contributed by atoms with Crippen LogP contribution in [0.1, 0.15) is 31.3 Å². The van der Waals surface area contributed by atoms with Crippen LogP contribution in [0, 0.1) is 0 Å². The van der Waals surface area contributed by atoms with Crippen LogP contribution in [0.2, 0.25) is 0 Å². The van der Waals surface area contributed by atoms with Gasteiger partial charge in [-0.25, -0.2) is 0 Å². The zero-order valence-electron chi connectivity index (χ0n) is 15.1. The third kappa shape index (κ3) is 4.91. The second kappa shape index (κ2) is 8.77. The molecule has 0 aliphatic carbocycles. The highest BCUT2D eigenvalue weighted by atomic mass is 79.9. The molecule has 3 rings (SSSR count). The number of nitrogens with one attached hydrogen (secondary N) is 1. The van der Waals surface area contributed by atoms with Gasteiger partial charge in [0.05, 0.1) is 11.7 Å². The number of rotatable bonds is 7. The number of carbonyl (C=O) groups excluding carboxylic acids is 1. The maximum atomic E-state index is 12.2. The Morgan fingerprint density at radius 3 is 2.78 bits per heavy atom. The molecule has 8 heteroatoms. The molecule has 3 aromatic rings. The molecule has 0 saturated heterocycles. The van der Waals surface area contributed by atoms with Crippen molar-refractivity contribution in [3.8, 4) is 11.4 Å². The van der Waals surface area contributed by atoms with Gasteiger partial charge in [-0.05, 0) is 65.7 Å². The van der Waals surface area contributed by atoms with Crippen molar-refractivity contribution in [3.63, 3.8) is 0 Å². The number of aromatic nitrogens is 4. The van der Waals surface area contributed by atoms with Crippen molar-refractivity contribution in [1.82, 2.24) is 25.5 Å². The van der Waals surface area contributed by atoms with Crippen molar-refractivity contribution in [2.45, 2.75) is 26.3 Å². The lowest BCUT2D eigenvalue weighted by molar-refractivity contribution is -0.123. The Balaban J connectivity index is 1.62. The minimum Gasteiger partial charge on any atom is -0.484 e. The van der Waals surface area contributed by atoms with Crippen molar-refractivity contribution >= 4 is 21.8 Å². The summed E-state index contributed by atoms with van der Waals surface area (Å²) in [6.45, 7) is 3.83. The number of amides is 1. The molecule has 1 N–H and O–H groups in total. The Morgan fingerprint density at radius 1 is 1.26 bits per heavy atom. The molecule has 0 fully saturated rings. The standard InChI is InChI=1S/C19H20BrN5O2/c1-3-14-5-4-6-17(11-14)27-12-18(26)21-13(2)19-22-23-24-25(19)16-9-7-15(20)8-10-16/h4-11,13H,3,12H2,1-2H3,(H,21,26). The zero-order chi connectivity index (χ0) is 19.2. The Labute approximate surface area is 165 Å². The van der Waals surface area contributed by atoms with E-state index in [1.165, 1.54) is 0 Å². The summed E-state index contributed by atoms with van der Waals surface area (Å²) in [6.07, 6.45) is 0.916. The Morgan fingerprint density at radius 2 is 2.04 bits per heavy atom. The minimum atomic E-state index is -0.373. The Kier molecular flexibility index (Phi) is 6.18. The highest BCUT2D eigenvalue weighted by Crippen LogP contribution is 2.17. The molecule has 1 amide bonds. The fourth-order valence-corrected chi connectivity index (χ4v) is 2.85. The van der Waals surface area contributed by atoms with Gasteiger partial charge in [0.1, 0.15) is 5.75 Å². The fraction of sp³-hybridized carbons (Fsp3) is 0.263. The summed E-state index contributed by atoms with van der Waals surface area (Å²) in [7, 11) is 0. The number of carbonyl (C=O) groups is 1. The highest BCUT2D eigenvalue weighted by molar-refractivity contribution is 9.10. The van der Waals surface area contributed by atoms with E-state index in [4.69, 9.17) is 4.74 Å². The zero-order valence-corrected chi connectivity index (χ0v) is 16.7. The number of nitrogens with zero attached hydrogens (tertiary/aromatic N) is 4. The molecule has 0 bridgehead atoms. The van der Waals surface area contributed by atoms with Gasteiger partial charge in [-0.2, -0.15) is 4.68 Å². The van der Waals surface area contributed by atoms with Gasteiger partial charge in [0.2, 0.25) is 0 Å². The Hall–Kier alpha value is -2.74. The first-order valence-electron chi connectivity index (χ1n) is 8.62. The van der Waals surface area contributed by atoms with E-state index in [2.05, 4.69) is 43.7 Å². The predicted octanol–water partition coefficient (Wildman–Crippen LogP) is 3.24. The van der Waals surface area contributed by atoms with Crippen LogP contribution in [0.25, 0.3) is 5.69 Å². The summed E-state index contributed by atoms with van der Waals surface area (Å²) in [6, 6.07) is 14.9. The highest BCUT2D eigenvalue weighted by Gasteiger charge is 2.18. The van der Waals surface area contributed by atoms with E-state index in [9.17, 15) is 4.79 Å². The monoisotopic (exact) mass is 429 g/mol. The van der Waals surface area contributed by atoms with Gasteiger partial charge < -0.3 is 10.1 Å². The van der Waals surface area contributed by atoms with Gasteiger partial charge in [-0.15, -0.1) is 5.10 Å². The minimum absolute atomic E-state index is 0.0721. The first-order valence-corrected chi connectivity index (χ1v) is 9.41. The van der Waals surface area contributed by atoms with Crippen LogP contribution in [-0.4, -0.2) is 32.7 Å². The molecule has 27 heavy (non-hydrogen) atoms. The van der Waals surface area contributed by atoms with Crippen molar-refractivity contribution in [2.24, 2.45) is 0 Å². The summed E-state index contributed by atoms with van der Waals surface area (Å²) in [5, 5.41) is 14.7. The van der Waals surface area contributed by atoms with Crippen molar-refractivity contribution in [2.75, 3.05) is 6.61 Å². The van der Waals surface area contributed by atoms with E-state index in [0.717, 1.165) is 22.1 Å². The van der Waals surface area contributed by atoms with E-state index < -0.39 is 0 Å². The largest absolute Gasteiger partial charge is 0.484 e. The van der Waals surface area contributed by atoms with Crippen LogP contribution in [-0.2, 0) is 11.2 Å². The first kappa shape index (κ1) is 19.0. The molecule has 7 nitrogen and oxygen atoms in total. The van der Waals surface area contributed by atoms with Crippen LogP contribution in [0.3, 0.4) is 0 Å². The molecular formula is C19H20BrN5O2. The van der Waals surface area contributed by atoms with Crippen LogP contribution < -0.4 is 10.1 Å². The van der Waals surface area contributed by atoms with Gasteiger partial charge in [-0.3, -0.25) is 4.79 Å². The molecular weight excluding hydrogens is 410 g/mol. The third-order valence-electron chi connectivity index (χ3n) is 4.01. The van der Waals surface area contributed by atoms with Gasteiger partial charge >= 0.3 is 0 Å². The van der Waals surface area contributed by atoms with Crippen LogP contribution in [0.4, 0.5) is 0 Å². The van der Waals surface area contributed by atoms with Crippen LogP contribution in [0.5, 0.6) is 5.75 Å². The first-order chi connectivity index (χ1) is 13.1. The second-order valence-corrected chi connectivity index (χ2v) is 6.92. The number of hydrogen-bond donors (Lipinski definition) is 1. The number of benzene rings is 2. The maximum Gasteiger partial charge on any atom is 0.258 e.